The molecule has 0 aliphatic rings. The Hall–Kier alpha value is -1.23. The molecule has 16 heavy (non-hydrogen) atoms. The largest absolute Gasteiger partial charge is 0.433 e. The van der Waals surface area contributed by atoms with Crippen LogP contribution in [0.15, 0.2) is 10.5 Å². The fraction of sp³-hybridized carbons (Fsp3) is 0.250. The van der Waals surface area contributed by atoms with Crippen LogP contribution in [-0.2, 0) is 6.18 Å². The number of rotatable bonds is 1. The maximum atomic E-state index is 12.4. The summed E-state index contributed by atoms with van der Waals surface area (Å²) in [5, 5.41) is 8.39. The topological polar surface area (TPSA) is 36.7 Å². The average Bonchev–Trinajstić information content (AvgIpc) is 2.14. The van der Waals surface area contributed by atoms with E-state index in [-0.39, 0.29) is 0 Å². The van der Waals surface area contributed by atoms with Gasteiger partial charge in [-0.1, -0.05) is 15.9 Å². The van der Waals surface area contributed by atoms with Crippen LogP contribution < -0.4 is 0 Å². The van der Waals surface area contributed by atoms with Crippen LogP contribution in [0.5, 0.6) is 0 Å². The molecular weight excluding hydrogens is 299 g/mol. The molecule has 1 aromatic rings. The second-order valence-electron chi connectivity index (χ2n) is 2.66. The van der Waals surface area contributed by atoms with Crippen molar-refractivity contribution in [2.45, 2.75) is 12.6 Å². The van der Waals surface area contributed by atoms with Gasteiger partial charge in [-0.3, -0.25) is 0 Å². The van der Waals surface area contributed by atoms with E-state index < -0.39 is 34.0 Å². The van der Waals surface area contributed by atoms with Gasteiger partial charge in [0.25, 0.3) is 6.43 Å². The van der Waals surface area contributed by atoms with E-state index in [9.17, 15) is 22.0 Å². The van der Waals surface area contributed by atoms with E-state index in [1.807, 2.05) is 0 Å². The number of hydrogen-bond donors (Lipinski definition) is 0. The van der Waals surface area contributed by atoms with Crippen LogP contribution in [0.3, 0.4) is 0 Å². The van der Waals surface area contributed by atoms with Gasteiger partial charge in [0, 0.05) is 4.47 Å². The summed E-state index contributed by atoms with van der Waals surface area (Å²) >= 11 is 2.56. The Labute approximate surface area is 94.8 Å². The van der Waals surface area contributed by atoms with E-state index in [0.717, 1.165) is 6.07 Å². The van der Waals surface area contributed by atoms with Gasteiger partial charge in [-0.25, -0.2) is 13.8 Å². The Morgan fingerprint density at radius 2 is 1.94 bits per heavy atom. The van der Waals surface area contributed by atoms with Crippen molar-refractivity contribution in [1.82, 2.24) is 4.98 Å². The van der Waals surface area contributed by atoms with Gasteiger partial charge >= 0.3 is 6.18 Å². The van der Waals surface area contributed by atoms with Gasteiger partial charge in [0.15, 0.2) is 5.69 Å². The van der Waals surface area contributed by atoms with Gasteiger partial charge in [-0.2, -0.15) is 18.4 Å². The van der Waals surface area contributed by atoms with Gasteiger partial charge in [-0.15, -0.1) is 0 Å². The summed E-state index contributed by atoms with van der Waals surface area (Å²) < 4.78 is 61.5. The fourth-order valence-corrected chi connectivity index (χ4v) is 1.58. The zero-order chi connectivity index (χ0) is 12.5. The van der Waals surface area contributed by atoms with Gasteiger partial charge in [0.05, 0.1) is 5.56 Å². The zero-order valence-corrected chi connectivity index (χ0v) is 8.90. The predicted octanol–water partition coefficient (Wildman–Crippen LogP) is 3.67. The molecule has 0 aliphatic heterocycles. The lowest BCUT2D eigenvalue weighted by Gasteiger charge is -2.12. The molecular formula is C8H2BrF5N2. The summed E-state index contributed by atoms with van der Waals surface area (Å²) in [7, 11) is 0. The Kier molecular flexibility index (Phi) is 3.48. The van der Waals surface area contributed by atoms with Crippen LogP contribution in [0.25, 0.3) is 0 Å². The summed E-state index contributed by atoms with van der Waals surface area (Å²) in [6, 6.07) is 2.18. The van der Waals surface area contributed by atoms with Crippen LogP contribution in [0, 0.1) is 11.3 Å². The number of alkyl halides is 5. The van der Waals surface area contributed by atoms with Crippen molar-refractivity contribution in [3.05, 3.63) is 27.5 Å². The lowest BCUT2D eigenvalue weighted by atomic mass is 10.1. The van der Waals surface area contributed by atoms with Crippen molar-refractivity contribution in [1.29, 1.82) is 5.26 Å². The number of nitrogens with zero attached hydrogens (tertiary/aromatic N) is 2. The van der Waals surface area contributed by atoms with Crippen molar-refractivity contribution in [3.63, 3.8) is 0 Å². The molecule has 86 valence electrons. The number of aromatic nitrogens is 1. The summed E-state index contributed by atoms with van der Waals surface area (Å²) in [5.41, 5.74) is -3.58. The van der Waals surface area contributed by atoms with Gasteiger partial charge < -0.3 is 0 Å². The number of pyridine rings is 1. The smallest absolute Gasteiger partial charge is 0.232 e. The molecule has 0 radical (unpaired) electrons. The van der Waals surface area contributed by atoms with Crippen molar-refractivity contribution in [3.8, 4) is 6.07 Å². The standard InChI is InChI=1S/C8H2BrF5N2/c9-4-1-3(2-15)16-6(8(12,13)14)5(4)7(10)11/h1,7H. The second-order valence-corrected chi connectivity index (χ2v) is 3.52. The van der Waals surface area contributed by atoms with E-state index >= 15 is 0 Å². The molecule has 1 rings (SSSR count). The molecule has 1 aromatic heterocycles. The lowest BCUT2D eigenvalue weighted by Crippen LogP contribution is -2.14. The molecule has 0 unspecified atom stereocenters. The van der Waals surface area contributed by atoms with Gasteiger partial charge in [0.1, 0.15) is 11.8 Å². The maximum Gasteiger partial charge on any atom is 0.433 e. The van der Waals surface area contributed by atoms with E-state index in [1.165, 1.54) is 6.07 Å². The molecule has 0 saturated heterocycles. The quantitative estimate of drug-likeness (QED) is 0.742. The predicted molar refractivity (Wildman–Crippen MR) is 46.6 cm³/mol. The maximum absolute atomic E-state index is 12.4. The molecule has 0 bridgehead atoms. The van der Waals surface area contributed by atoms with E-state index in [4.69, 9.17) is 5.26 Å². The minimum atomic E-state index is -5.03. The third kappa shape index (κ3) is 2.47. The molecule has 0 N–H and O–H groups in total. The van der Waals surface area contributed by atoms with E-state index in [0.29, 0.717) is 0 Å². The first-order valence-electron chi connectivity index (χ1n) is 3.73. The van der Waals surface area contributed by atoms with E-state index in [1.54, 1.807) is 0 Å². The highest BCUT2D eigenvalue weighted by atomic mass is 79.9. The monoisotopic (exact) mass is 300 g/mol. The van der Waals surface area contributed by atoms with E-state index in [2.05, 4.69) is 20.9 Å². The lowest BCUT2D eigenvalue weighted by molar-refractivity contribution is -0.143. The number of hydrogen-bond acceptors (Lipinski definition) is 2. The molecule has 1 heterocycles. The first-order chi connectivity index (χ1) is 7.27. The SMILES string of the molecule is N#Cc1cc(Br)c(C(F)F)c(C(F)(F)F)n1. The fourth-order valence-electron chi connectivity index (χ4n) is 1.00. The zero-order valence-electron chi connectivity index (χ0n) is 7.32. The highest BCUT2D eigenvalue weighted by Crippen LogP contribution is 2.38. The number of nitriles is 1. The van der Waals surface area contributed by atoms with Crippen LogP contribution in [-0.4, -0.2) is 4.98 Å². The van der Waals surface area contributed by atoms with Crippen LogP contribution in [0.1, 0.15) is 23.4 Å². The Morgan fingerprint density at radius 3 is 2.31 bits per heavy atom. The van der Waals surface area contributed by atoms with Crippen LogP contribution in [0.4, 0.5) is 22.0 Å². The highest BCUT2D eigenvalue weighted by Gasteiger charge is 2.39. The van der Waals surface area contributed by atoms with Crippen molar-refractivity contribution < 1.29 is 22.0 Å². The van der Waals surface area contributed by atoms with Crippen molar-refractivity contribution in [2.75, 3.05) is 0 Å². The van der Waals surface area contributed by atoms with Gasteiger partial charge in [0.2, 0.25) is 0 Å². The van der Waals surface area contributed by atoms with Crippen molar-refractivity contribution >= 4 is 15.9 Å². The summed E-state index contributed by atoms with van der Waals surface area (Å²) in [5.74, 6) is 0. The molecule has 0 saturated carbocycles. The molecule has 2 nitrogen and oxygen atoms in total. The minimum Gasteiger partial charge on any atom is -0.232 e. The highest BCUT2D eigenvalue weighted by molar-refractivity contribution is 9.10. The first-order valence-corrected chi connectivity index (χ1v) is 4.52. The second kappa shape index (κ2) is 4.33. The summed E-state index contributed by atoms with van der Waals surface area (Å²) in [4.78, 5) is 2.85. The summed E-state index contributed by atoms with van der Waals surface area (Å²) in [6.07, 6.45) is -8.35. The third-order valence-corrected chi connectivity index (χ3v) is 2.27. The molecule has 0 spiro atoms. The summed E-state index contributed by atoms with van der Waals surface area (Å²) in [6.45, 7) is 0. The molecule has 8 heteroatoms. The Morgan fingerprint density at radius 1 is 1.38 bits per heavy atom. The first kappa shape index (κ1) is 12.8. The molecule has 0 aliphatic carbocycles. The Bertz CT molecular complexity index is 449. The van der Waals surface area contributed by atoms with Crippen LogP contribution in [0.2, 0.25) is 0 Å². The average molecular weight is 301 g/mol. The third-order valence-electron chi connectivity index (χ3n) is 1.61. The normalized spacial score (nSPS) is 11.6. The Balaban J connectivity index is 3.55. The van der Waals surface area contributed by atoms with Crippen molar-refractivity contribution in [2.24, 2.45) is 0 Å². The minimum absolute atomic E-state index is 0.485. The molecule has 0 amide bonds. The molecule has 0 fully saturated rings. The van der Waals surface area contributed by atoms with Gasteiger partial charge in [-0.05, 0) is 6.07 Å². The molecule has 0 aromatic carbocycles. The van der Waals surface area contributed by atoms with Crippen LogP contribution >= 0.6 is 15.9 Å². The molecule has 0 atom stereocenters. The number of halogens is 6.